The molecule has 3 rings (SSSR count). The molecule has 1 aromatic carbocycles. The van der Waals surface area contributed by atoms with Gasteiger partial charge in [-0.2, -0.15) is 5.10 Å². The van der Waals surface area contributed by atoms with Crippen molar-refractivity contribution < 1.29 is 0 Å². The number of nitrogens with two attached hydrogens (primary N) is 1. The maximum atomic E-state index is 6.06. The Morgan fingerprint density at radius 3 is 2.62 bits per heavy atom. The van der Waals surface area contributed by atoms with Gasteiger partial charge in [0.2, 0.25) is 0 Å². The topological polar surface area (TPSA) is 63.2 Å². The first-order valence-corrected chi connectivity index (χ1v) is 7.46. The van der Waals surface area contributed by atoms with Gasteiger partial charge < -0.3 is 10.6 Å². The number of aromatic nitrogens is 3. The average molecular weight is 286 g/mol. The number of hydrogen-bond acceptors (Lipinski definition) is 5. The summed E-state index contributed by atoms with van der Waals surface area (Å²) in [5, 5.41) is 4.23. The van der Waals surface area contributed by atoms with E-state index in [0.717, 1.165) is 56.5 Å². The van der Waals surface area contributed by atoms with Crippen molar-refractivity contribution in [2.75, 3.05) is 36.8 Å². The van der Waals surface area contributed by atoms with E-state index < -0.39 is 0 Å². The Bertz CT molecular complexity index is 585. The van der Waals surface area contributed by atoms with E-state index in [1.807, 2.05) is 22.9 Å². The number of para-hydroxylation sites is 2. The molecule has 0 saturated carbocycles. The van der Waals surface area contributed by atoms with Crippen LogP contribution in [0, 0.1) is 0 Å². The molecule has 112 valence electrons. The molecule has 0 atom stereocenters. The fraction of sp³-hybridized carbons (Fsp3) is 0.467. The number of hydrogen-bond donors (Lipinski definition) is 1. The first-order chi connectivity index (χ1) is 10.3. The number of anilines is 2. The van der Waals surface area contributed by atoms with E-state index in [2.05, 4.69) is 32.9 Å². The maximum Gasteiger partial charge on any atom is 0.140 e. The third-order valence-electron chi connectivity index (χ3n) is 4.01. The van der Waals surface area contributed by atoms with Crippen LogP contribution in [0.25, 0.3) is 0 Å². The van der Waals surface area contributed by atoms with E-state index in [1.54, 1.807) is 6.33 Å². The Kier molecular flexibility index (Phi) is 4.06. The van der Waals surface area contributed by atoms with Crippen LogP contribution in [0.3, 0.4) is 0 Å². The molecule has 21 heavy (non-hydrogen) atoms. The van der Waals surface area contributed by atoms with Crippen LogP contribution in [0.1, 0.15) is 12.7 Å². The quantitative estimate of drug-likeness (QED) is 0.856. The van der Waals surface area contributed by atoms with Crippen molar-refractivity contribution in [2.45, 2.75) is 20.0 Å². The van der Waals surface area contributed by atoms with Gasteiger partial charge in [0.1, 0.15) is 12.2 Å². The molecule has 6 heteroatoms. The Hall–Kier alpha value is -2.08. The van der Waals surface area contributed by atoms with Gasteiger partial charge in [-0.25, -0.2) is 9.67 Å². The van der Waals surface area contributed by atoms with E-state index in [4.69, 9.17) is 5.73 Å². The second-order valence-electron chi connectivity index (χ2n) is 5.31. The minimum absolute atomic E-state index is 0.858. The lowest BCUT2D eigenvalue weighted by Crippen LogP contribution is -2.46. The zero-order chi connectivity index (χ0) is 14.7. The van der Waals surface area contributed by atoms with Crippen molar-refractivity contribution in [1.82, 2.24) is 19.7 Å². The number of benzene rings is 1. The summed E-state index contributed by atoms with van der Waals surface area (Å²) < 4.78 is 1.96. The summed E-state index contributed by atoms with van der Waals surface area (Å²) in [5.74, 6) is 1.05. The number of rotatable bonds is 4. The molecule has 1 fully saturated rings. The van der Waals surface area contributed by atoms with Gasteiger partial charge in [-0.15, -0.1) is 0 Å². The molecular weight excluding hydrogens is 264 g/mol. The molecule has 0 unspecified atom stereocenters. The van der Waals surface area contributed by atoms with Crippen LogP contribution in [0.5, 0.6) is 0 Å². The van der Waals surface area contributed by atoms with E-state index >= 15 is 0 Å². The van der Waals surface area contributed by atoms with Gasteiger partial charge in [0.05, 0.1) is 17.9 Å². The highest BCUT2D eigenvalue weighted by atomic mass is 15.4. The molecule has 0 radical (unpaired) electrons. The zero-order valence-electron chi connectivity index (χ0n) is 12.4. The second kappa shape index (κ2) is 6.13. The molecule has 1 aromatic heterocycles. The lowest BCUT2D eigenvalue weighted by atomic mass is 10.2. The molecular formula is C15H22N6. The van der Waals surface area contributed by atoms with E-state index in [0.29, 0.717) is 0 Å². The van der Waals surface area contributed by atoms with Crippen molar-refractivity contribution >= 4 is 11.4 Å². The van der Waals surface area contributed by atoms with Crippen LogP contribution in [0.15, 0.2) is 30.6 Å². The van der Waals surface area contributed by atoms with Gasteiger partial charge in [0, 0.05) is 32.7 Å². The van der Waals surface area contributed by atoms with Crippen LogP contribution in [-0.4, -0.2) is 45.8 Å². The summed E-state index contributed by atoms with van der Waals surface area (Å²) in [5.41, 5.74) is 8.06. The summed E-state index contributed by atoms with van der Waals surface area (Å²) in [6.45, 7) is 7.86. The van der Waals surface area contributed by atoms with Crippen LogP contribution < -0.4 is 10.6 Å². The SMILES string of the molecule is CCn1ncnc1CN1CCN(c2ccccc2N)CC1. The summed E-state index contributed by atoms with van der Waals surface area (Å²) in [6.07, 6.45) is 1.64. The highest BCUT2D eigenvalue weighted by molar-refractivity contribution is 5.67. The minimum atomic E-state index is 0.858. The summed E-state index contributed by atoms with van der Waals surface area (Å²) in [4.78, 5) is 9.13. The first kappa shape index (κ1) is 13.9. The van der Waals surface area contributed by atoms with Gasteiger partial charge in [-0.1, -0.05) is 12.1 Å². The maximum absolute atomic E-state index is 6.06. The summed E-state index contributed by atoms with van der Waals surface area (Å²) in [7, 11) is 0. The minimum Gasteiger partial charge on any atom is -0.397 e. The first-order valence-electron chi connectivity index (χ1n) is 7.46. The van der Waals surface area contributed by atoms with Crippen molar-refractivity contribution in [3.63, 3.8) is 0 Å². The van der Waals surface area contributed by atoms with Crippen molar-refractivity contribution in [3.05, 3.63) is 36.4 Å². The third-order valence-corrected chi connectivity index (χ3v) is 4.01. The van der Waals surface area contributed by atoms with E-state index in [-0.39, 0.29) is 0 Å². The molecule has 0 spiro atoms. The fourth-order valence-electron chi connectivity index (χ4n) is 2.80. The molecule has 0 amide bonds. The molecule has 2 aromatic rings. The Labute approximate surface area is 125 Å². The van der Waals surface area contributed by atoms with Crippen molar-refractivity contribution in [1.29, 1.82) is 0 Å². The standard InChI is InChI=1S/C15H22N6/c1-2-21-15(17-12-18-21)11-19-7-9-20(10-8-19)14-6-4-3-5-13(14)16/h3-6,12H,2,7-11,16H2,1H3. The highest BCUT2D eigenvalue weighted by Crippen LogP contribution is 2.23. The molecule has 2 N–H and O–H groups in total. The summed E-state index contributed by atoms with van der Waals surface area (Å²) >= 11 is 0. The Balaban J connectivity index is 1.59. The van der Waals surface area contributed by atoms with Gasteiger partial charge >= 0.3 is 0 Å². The van der Waals surface area contributed by atoms with Crippen LogP contribution >= 0.6 is 0 Å². The predicted octanol–water partition coefficient (Wildman–Crippen LogP) is 1.20. The lowest BCUT2D eigenvalue weighted by Gasteiger charge is -2.36. The molecule has 1 saturated heterocycles. The lowest BCUT2D eigenvalue weighted by molar-refractivity contribution is 0.239. The number of aryl methyl sites for hydroxylation is 1. The van der Waals surface area contributed by atoms with Crippen LogP contribution in [-0.2, 0) is 13.1 Å². The number of nitrogen functional groups attached to an aromatic ring is 1. The number of nitrogens with zero attached hydrogens (tertiary/aromatic N) is 5. The summed E-state index contributed by atoms with van der Waals surface area (Å²) in [6, 6.07) is 8.08. The number of piperazine rings is 1. The average Bonchev–Trinajstić information content (AvgIpc) is 2.96. The second-order valence-corrected chi connectivity index (χ2v) is 5.31. The van der Waals surface area contributed by atoms with E-state index in [1.165, 1.54) is 0 Å². The third kappa shape index (κ3) is 3.00. The van der Waals surface area contributed by atoms with Gasteiger partial charge in [-0.05, 0) is 19.1 Å². The van der Waals surface area contributed by atoms with Crippen molar-refractivity contribution in [2.24, 2.45) is 0 Å². The van der Waals surface area contributed by atoms with Gasteiger partial charge in [0.15, 0.2) is 0 Å². The predicted molar refractivity (Wildman–Crippen MR) is 84.0 cm³/mol. The monoisotopic (exact) mass is 286 g/mol. The molecule has 6 nitrogen and oxygen atoms in total. The highest BCUT2D eigenvalue weighted by Gasteiger charge is 2.19. The zero-order valence-corrected chi connectivity index (χ0v) is 12.4. The van der Waals surface area contributed by atoms with E-state index in [9.17, 15) is 0 Å². The van der Waals surface area contributed by atoms with Gasteiger partial charge in [0.25, 0.3) is 0 Å². The molecule has 1 aliphatic heterocycles. The Morgan fingerprint density at radius 2 is 1.90 bits per heavy atom. The van der Waals surface area contributed by atoms with Crippen molar-refractivity contribution in [3.8, 4) is 0 Å². The fourth-order valence-corrected chi connectivity index (χ4v) is 2.80. The Morgan fingerprint density at radius 1 is 1.14 bits per heavy atom. The molecule has 1 aliphatic rings. The molecule has 0 bridgehead atoms. The van der Waals surface area contributed by atoms with Gasteiger partial charge in [-0.3, -0.25) is 4.90 Å². The van der Waals surface area contributed by atoms with Crippen LogP contribution in [0.4, 0.5) is 11.4 Å². The largest absolute Gasteiger partial charge is 0.397 e. The normalized spacial score (nSPS) is 16.3. The smallest absolute Gasteiger partial charge is 0.140 e. The van der Waals surface area contributed by atoms with Crippen LogP contribution in [0.2, 0.25) is 0 Å². The molecule has 0 aliphatic carbocycles. The molecule has 2 heterocycles.